The Morgan fingerprint density at radius 1 is 0.362 bits per heavy atom. The van der Waals surface area contributed by atoms with Crippen molar-refractivity contribution in [2.24, 2.45) is 0 Å². The number of hydrogen-bond donors (Lipinski definition) is 0. The smallest absolute Gasteiger partial charge is 0.493 e. The fourth-order valence-electron chi connectivity index (χ4n) is 9.66. The summed E-state index contributed by atoms with van der Waals surface area (Å²) in [6, 6.07) is 17.6. The molecular formula is C66H114N2Ni. The van der Waals surface area contributed by atoms with Gasteiger partial charge in [-0.1, -0.05) is 284 Å². The van der Waals surface area contributed by atoms with E-state index in [1.807, 2.05) is 0 Å². The first kappa shape index (κ1) is 67.0. The zero-order chi connectivity index (χ0) is 49.4. The van der Waals surface area contributed by atoms with Gasteiger partial charge in [0.25, 0.3) is 0 Å². The summed E-state index contributed by atoms with van der Waals surface area (Å²) in [7, 11) is 0. The molecule has 0 aliphatic carbocycles. The average Bonchev–Trinajstić information content (AvgIpc) is 3.69. The van der Waals surface area contributed by atoms with Gasteiger partial charge in [0, 0.05) is 22.8 Å². The van der Waals surface area contributed by atoms with Crippen LogP contribution in [-0.4, -0.2) is 4.70 Å². The van der Waals surface area contributed by atoms with Crippen molar-refractivity contribution in [3.63, 3.8) is 0 Å². The maximum Gasteiger partial charge on any atom is 2.00 e. The van der Waals surface area contributed by atoms with Crippen molar-refractivity contribution in [1.82, 2.24) is 0 Å². The molecule has 1 aliphatic heterocycles. The van der Waals surface area contributed by atoms with E-state index in [0.29, 0.717) is 0 Å². The van der Waals surface area contributed by atoms with Gasteiger partial charge in [-0.2, -0.15) is 12.8 Å². The van der Waals surface area contributed by atoms with Gasteiger partial charge in [-0.25, -0.2) is 4.70 Å². The van der Waals surface area contributed by atoms with Gasteiger partial charge < -0.3 is 19.4 Å². The summed E-state index contributed by atoms with van der Waals surface area (Å²) in [5.41, 5.74) is 19.5. The third-order valence-corrected chi connectivity index (χ3v) is 14.1. The van der Waals surface area contributed by atoms with Gasteiger partial charge in [-0.3, -0.25) is 0 Å². The van der Waals surface area contributed by atoms with Crippen molar-refractivity contribution < 1.29 is 21.2 Å². The molecule has 0 N–H and O–H groups in total. The summed E-state index contributed by atoms with van der Waals surface area (Å²) in [6.45, 7) is 19.1. The number of allylic oxidation sites excluding steroid dienone is 2. The summed E-state index contributed by atoms with van der Waals surface area (Å²) in [5.74, 6) is 0. The van der Waals surface area contributed by atoms with E-state index in [1.165, 1.54) is 259 Å². The summed E-state index contributed by atoms with van der Waals surface area (Å²) in [5, 5.41) is 0. The molecule has 1 aliphatic rings. The second kappa shape index (κ2) is 50.9. The maximum absolute atomic E-state index is 11.4. The summed E-state index contributed by atoms with van der Waals surface area (Å²) < 4.78 is 1.46. The molecule has 398 valence electrons. The predicted octanol–water partition coefficient (Wildman–Crippen LogP) is 23.3. The van der Waals surface area contributed by atoms with Crippen LogP contribution in [0.3, 0.4) is 0 Å². The van der Waals surface area contributed by atoms with Crippen LogP contribution in [0.2, 0.25) is 0 Å². The van der Waals surface area contributed by atoms with Gasteiger partial charge in [0.2, 0.25) is 11.4 Å². The minimum absolute atomic E-state index is 0. The average molecular weight is 994 g/mol. The Bertz CT molecular complexity index is 1430. The summed E-state index contributed by atoms with van der Waals surface area (Å²) in [6.07, 6.45) is 60.5. The van der Waals surface area contributed by atoms with Crippen LogP contribution in [0.15, 0.2) is 60.2 Å². The van der Waals surface area contributed by atoms with E-state index in [9.17, 15) is 5.53 Å². The van der Waals surface area contributed by atoms with Gasteiger partial charge in [-0.05, 0) is 73.9 Å². The van der Waals surface area contributed by atoms with Crippen molar-refractivity contribution in [1.29, 1.82) is 0 Å². The molecule has 0 bridgehead atoms. The van der Waals surface area contributed by atoms with Crippen LogP contribution >= 0.6 is 0 Å². The summed E-state index contributed by atoms with van der Waals surface area (Å²) >= 11 is 0. The van der Waals surface area contributed by atoms with Crippen molar-refractivity contribution in [2.45, 2.75) is 311 Å². The van der Waals surface area contributed by atoms with Crippen LogP contribution in [0.1, 0.15) is 320 Å². The molecule has 0 amide bonds. The molecule has 2 nitrogen and oxygen atoms in total. The fourth-order valence-corrected chi connectivity index (χ4v) is 9.66. The van der Waals surface area contributed by atoms with Crippen LogP contribution in [0.25, 0.3) is 16.9 Å². The number of hydrogen-bond acceptors (Lipinski definition) is 0. The van der Waals surface area contributed by atoms with Crippen molar-refractivity contribution in [3.8, 4) is 0 Å². The van der Waals surface area contributed by atoms with Crippen LogP contribution in [0.5, 0.6) is 0 Å². The molecule has 0 atom stereocenters. The van der Waals surface area contributed by atoms with E-state index in [4.69, 9.17) is 0 Å². The molecular weight excluding hydrogens is 879 g/mol. The number of benzene rings is 2. The first-order chi connectivity index (χ1) is 33.5. The Hall–Kier alpha value is -1.99. The minimum atomic E-state index is 0. The van der Waals surface area contributed by atoms with E-state index in [1.54, 1.807) is 0 Å². The van der Waals surface area contributed by atoms with Gasteiger partial charge in [-0.15, -0.1) is 0 Å². The Morgan fingerprint density at radius 2 is 0.652 bits per heavy atom. The Kier molecular flexibility index (Phi) is 49.5. The molecule has 0 aromatic heterocycles. The van der Waals surface area contributed by atoms with Crippen LogP contribution < -0.4 is 0 Å². The fraction of sp³-hybridized carbons (Fsp3) is 0.727. The van der Waals surface area contributed by atoms with E-state index in [0.717, 1.165) is 61.0 Å². The molecule has 0 unspecified atom stereocenters. The number of aryl methyl sites for hydroxylation is 2. The van der Waals surface area contributed by atoms with Gasteiger partial charge >= 0.3 is 16.5 Å². The first-order valence-corrected chi connectivity index (χ1v) is 30.2. The second-order valence-corrected chi connectivity index (χ2v) is 20.7. The molecule has 0 spiro atoms. The SMILES string of the molecule is CCCCCCc1cccc(C2=CC(CCCCC)=C(c3cccc(CCCCC)c3)[N+]2=[N-])c1.[CH2-]CCCCCCCCCCCCCCCC.[CH2-]CCCCCCCCCCCCCCCC.[Ni+2]. The zero-order valence-electron chi connectivity index (χ0n) is 46.7. The van der Waals surface area contributed by atoms with Crippen molar-refractivity contribution >= 4 is 11.4 Å². The Balaban J connectivity index is 0.00000112. The molecule has 69 heavy (non-hydrogen) atoms. The molecule has 2 aromatic rings. The largest absolute Gasteiger partial charge is 2.00 e. The normalized spacial score (nSPS) is 12.1. The van der Waals surface area contributed by atoms with Gasteiger partial charge in [0.1, 0.15) is 0 Å². The summed E-state index contributed by atoms with van der Waals surface area (Å²) in [4.78, 5) is 0. The monoisotopic (exact) mass is 993 g/mol. The van der Waals surface area contributed by atoms with E-state index in [2.05, 4.69) is 103 Å². The maximum atomic E-state index is 11.4. The van der Waals surface area contributed by atoms with E-state index >= 15 is 0 Å². The minimum Gasteiger partial charge on any atom is -0.493 e. The second-order valence-electron chi connectivity index (χ2n) is 20.7. The van der Waals surface area contributed by atoms with Gasteiger partial charge in [0.15, 0.2) is 0 Å². The molecule has 0 radical (unpaired) electrons. The zero-order valence-corrected chi connectivity index (χ0v) is 47.7. The molecule has 0 saturated carbocycles. The first-order valence-electron chi connectivity index (χ1n) is 30.2. The number of rotatable bonds is 43. The van der Waals surface area contributed by atoms with Gasteiger partial charge in [0.05, 0.1) is 0 Å². The quantitative estimate of drug-likeness (QED) is 0.0274. The number of unbranched alkanes of at least 4 members (excludes halogenated alkanes) is 35. The number of nitrogens with zero attached hydrogens (tertiary/aromatic N) is 2. The molecule has 0 fully saturated rings. The van der Waals surface area contributed by atoms with Crippen LogP contribution in [0, 0.1) is 13.8 Å². The Morgan fingerprint density at radius 3 is 1.03 bits per heavy atom. The van der Waals surface area contributed by atoms with E-state index < -0.39 is 0 Å². The molecule has 3 heteroatoms. The van der Waals surface area contributed by atoms with Crippen LogP contribution in [-0.2, 0) is 29.3 Å². The van der Waals surface area contributed by atoms with E-state index in [-0.39, 0.29) is 16.5 Å². The predicted molar refractivity (Wildman–Crippen MR) is 307 cm³/mol. The third-order valence-electron chi connectivity index (χ3n) is 14.1. The molecule has 0 saturated heterocycles. The molecule has 2 aromatic carbocycles. The molecule has 1 heterocycles. The topological polar surface area (TPSA) is 25.3 Å². The van der Waals surface area contributed by atoms with Crippen LogP contribution in [0.4, 0.5) is 0 Å². The standard InChI is InChI=1S/C32H44N2.2C17H35.Ni/c1-4-7-10-13-17-26-18-14-21-28(23-26)31-25-30(20-12-9-6-3)32(34(31)33)29-22-15-19-27(24-29)16-11-8-5-2;2*1-3-5-7-9-11-13-15-17-16-14-12-10-8-6-4-2;/h14-15,18-19,21-25H,4-13,16-17,20H2,1-3H3;2*1,3-17H2,2H3;/q;2*-1;+2. The Labute approximate surface area is 442 Å². The molecule has 3 rings (SSSR count). The third kappa shape index (κ3) is 36.6. The van der Waals surface area contributed by atoms with Crippen molar-refractivity contribution in [2.75, 3.05) is 0 Å². The van der Waals surface area contributed by atoms with Crippen molar-refractivity contribution in [3.05, 3.63) is 102 Å².